The largest absolute Gasteiger partial charge is 0.332 e. The van der Waals surface area contributed by atoms with Gasteiger partial charge >= 0.3 is 5.69 Å². The predicted molar refractivity (Wildman–Crippen MR) is 82.7 cm³/mol. The Kier molecular flexibility index (Phi) is 4.32. The number of aryl methyl sites for hydroxylation is 2. The van der Waals surface area contributed by atoms with Crippen molar-refractivity contribution in [1.82, 2.24) is 18.7 Å². The minimum Gasteiger partial charge on any atom is -0.330 e. The summed E-state index contributed by atoms with van der Waals surface area (Å²) in [6.07, 6.45) is 0.763. The quantitative estimate of drug-likeness (QED) is 0.863. The molecule has 0 aliphatic rings. The third kappa shape index (κ3) is 2.42. The van der Waals surface area contributed by atoms with E-state index in [2.05, 4.69) is 4.98 Å². The average Bonchev–Trinajstić information content (AvgIpc) is 2.83. The minimum absolute atomic E-state index is 0.167. The summed E-state index contributed by atoms with van der Waals surface area (Å²) in [7, 11) is 1.51. The standard InChI is InChI=1S/C14H23N5O2/c1-5-18-12-10(13(20)17(4)14(18)21)19(8-6-7-15)11(16-12)9(2)3/h9H,5-8,15H2,1-4H3. The summed E-state index contributed by atoms with van der Waals surface area (Å²) in [5.74, 6) is 0.989. The predicted octanol–water partition coefficient (Wildman–Crippen LogP) is 0.389. The average molecular weight is 293 g/mol. The van der Waals surface area contributed by atoms with E-state index in [0.717, 1.165) is 16.8 Å². The van der Waals surface area contributed by atoms with Gasteiger partial charge in [-0.1, -0.05) is 13.8 Å². The van der Waals surface area contributed by atoms with E-state index < -0.39 is 0 Å². The van der Waals surface area contributed by atoms with Crippen molar-refractivity contribution in [3.05, 3.63) is 26.7 Å². The first-order valence-electron chi connectivity index (χ1n) is 7.34. The van der Waals surface area contributed by atoms with Crippen LogP contribution in [0.4, 0.5) is 0 Å². The molecule has 0 fully saturated rings. The van der Waals surface area contributed by atoms with E-state index in [0.29, 0.717) is 30.8 Å². The Hall–Kier alpha value is -1.89. The minimum atomic E-state index is -0.325. The van der Waals surface area contributed by atoms with Gasteiger partial charge in [0.1, 0.15) is 5.82 Å². The van der Waals surface area contributed by atoms with E-state index in [1.54, 1.807) is 4.57 Å². The molecular weight excluding hydrogens is 270 g/mol. The summed E-state index contributed by atoms with van der Waals surface area (Å²) in [5.41, 5.74) is 5.95. The van der Waals surface area contributed by atoms with Gasteiger partial charge in [-0.15, -0.1) is 0 Å². The maximum atomic E-state index is 12.5. The summed E-state index contributed by atoms with van der Waals surface area (Å²) in [5, 5.41) is 0. The number of hydrogen-bond donors (Lipinski definition) is 1. The highest BCUT2D eigenvalue weighted by Crippen LogP contribution is 2.19. The number of fused-ring (bicyclic) bond motifs is 1. The Bertz CT molecular complexity index is 766. The van der Waals surface area contributed by atoms with E-state index >= 15 is 0 Å². The first-order chi connectivity index (χ1) is 9.93. The van der Waals surface area contributed by atoms with Crippen LogP contribution in [0.1, 0.15) is 38.9 Å². The zero-order valence-corrected chi connectivity index (χ0v) is 13.1. The highest BCUT2D eigenvalue weighted by molar-refractivity contribution is 5.71. The Labute approximate surface area is 123 Å². The summed E-state index contributed by atoms with van der Waals surface area (Å²) in [4.78, 5) is 29.3. The number of hydrogen-bond acceptors (Lipinski definition) is 4. The van der Waals surface area contributed by atoms with Crippen LogP contribution in [0.5, 0.6) is 0 Å². The van der Waals surface area contributed by atoms with Gasteiger partial charge in [0.25, 0.3) is 5.56 Å². The van der Waals surface area contributed by atoms with Crippen molar-refractivity contribution >= 4 is 11.2 Å². The number of nitrogens with two attached hydrogens (primary N) is 1. The molecule has 2 N–H and O–H groups in total. The molecule has 0 aliphatic carbocycles. The molecule has 2 aromatic heterocycles. The van der Waals surface area contributed by atoms with Crippen molar-refractivity contribution in [2.45, 2.75) is 46.2 Å². The van der Waals surface area contributed by atoms with Crippen molar-refractivity contribution in [2.24, 2.45) is 12.8 Å². The molecule has 0 amide bonds. The van der Waals surface area contributed by atoms with Gasteiger partial charge in [0.2, 0.25) is 0 Å². The van der Waals surface area contributed by atoms with Gasteiger partial charge in [0.05, 0.1) is 0 Å². The lowest BCUT2D eigenvalue weighted by Crippen LogP contribution is -2.38. The summed E-state index contributed by atoms with van der Waals surface area (Å²) < 4.78 is 4.61. The molecule has 2 aromatic rings. The molecule has 0 spiro atoms. The lowest BCUT2D eigenvalue weighted by molar-refractivity contribution is 0.603. The van der Waals surface area contributed by atoms with Gasteiger partial charge in [-0.05, 0) is 19.9 Å². The van der Waals surface area contributed by atoms with Crippen LogP contribution in [0.25, 0.3) is 11.2 Å². The van der Waals surface area contributed by atoms with Crippen LogP contribution in [0.2, 0.25) is 0 Å². The summed E-state index contributed by atoms with van der Waals surface area (Å²) in [6.45, 7) is 7.59. The molecule has 0 aliphatic heterocycles. The van der Waals surface area contributed by atoms with Crippen molar-refractivity contribution < 1.29 is 0 Å². The molecule has 2 rings (SSSR count). The number of rotatable bonds is 5. The molecule has 2 heterocycles. The van der Waals surface area contributed by atoms with E-state index in [1.807, 2.05) is 25.3 Å². The molecule has 0 saturated carbocycles. The fourth-order valence-electron chi connectivity index (χ4n) is 2.58. The molecule has 0 bridgehead atoms. The summed E-state index contributed by atoms with van der Waals surface area (Å²) in [6, 6.07) is 0. The second-order valence-electron chi connectivity index (χ2n) is 5.48. The maximum absolute atomic E-state index is 12.5. The SMILES string of the molecule is CCn1c(=O)n(C)c(=O)c2c1nc(C(C)C)n2CCCN. The smallest absolute Gasteiger partial charge is 0.330 e. The molecule has 7 heteroatoms. The Morgan fingerprint density at radius 2 is 1.90 bits per heavy atom. The van der Waals surface area contributed by atoms with Crippen molar-refractivity contribution in [2.75, 3.05) is 6.54 Å². The molecule has 0 saturated heterocycles. The number of aromatic nitrogens is 4. The summed E-state index contributed by atoms with van der Waals surface area (Å²) >= 11 is 0. The van der Waals surface area contributed by atoms with Crippen LogP contribution in [0.3, 0.4) is 0 Å². The van der Waals surface area contributed by atoms with Crippen LogP contribution in [0, 0.1) is 0 Å². The van der Waals surface area contributed by atoms with E-state index in [4.69, 9.17) is 5.73 Å². The second-order valence-corrected chi connectivity index (χ2v) is 5.48. The van der Waals surface area contributed by atoms with Gasteiger partial charge in [-0.2, -0.15) is 0 Å². The zero-order valence-electron chi connectivity index (χ0n) is 13.1. The molecule has 116 valence electrons. The third-order valence-corrected chi connectivity index (χ3v) is 3.68. The number of imidazole rings is 1. The van der Waals surface area contributed by atoms with Crippen LogP contribution in [-0.4, -0.2) is 25.2 Å². The lowest BCUT2D eigenvalue weighted by atomic mass is 10.2. The Balaban J connectivity index is 2.92. The highest BCUT2D eigenvalue weighted by Gasteiger charge is 2.20. The first kappa shape index (κ1) is 15.5. The molecule has 0 radical (unpaired) electrons. The number of nitrogens with zero attached hydrogens (tertiary/aromatic N) is 4. The van der Waals surface area contributed by atoms with Crippen LogP contribution < -0.4 is 17.0 Å². The third-order valence-electron chi connectivity index (χ3n) is 3.68. The first-order valence-corrected chi connectivity index (χ1v) is 7.34. The molecule has 7 nitrogen and oxygen atoms in total. The Morgan fingerprint density at radius 1 is 1.24 bits per heavy atom. The van der Waals surface area contributed by atoms with Crippen molar-refractivity contribution in [3.63, 3.8) is 0 Å². The molecule has 0 unspecified atom stereocenters. The van der Waals surface area contributed by atoms with Crippen LogP contribution in [0.15, 0.2) is 9.59 Å². The van der Waals surface area contributed by atoms with Gasteiger partial charge in [-0.3, -0.25) is 13.9 Å². The highest BCUT2D eigenvalue weighted by atomic mass is 16.2. The van der Waals surface area contributed by atoms with Crippen molar-refractivity contribution in [3.8, 4) is 0 Å². The van der Waals surface area contributed by atoms with Gasteiger partial charge in [0.15, 0.2) is 11.2 Å². The molecule has 0 atom stereocenters. The van der Waals surface area contributed by atoms with Gasteiger partial charge in [-0.25, -0.2) is 9.78 Å². The van der Waals surface area contributed by atoms with Gasteiger partial charge in [0, 0.05) is 26.1 Å². The fourth-order valence-corrected chi connectivity index (χ4v) is 2.58. The Morgan fingerprint density at radius 3 is 2.43 bits per heavy atom. The fraction of sp³-hybridized carbons (Fsp3) is 0.643. The topological polar surface area (TPSA) is 87.8 Å². The van der Waals surface area contributed by atoms with Crippen LogP contribution >= 0.6 is 0 Å². The molecular formula is C14H23N5O2. The van der Waals surface area contributed by atoms with Crippen molar-refractivity contribution in [1.29, 1.82) is 0 Å². The molecule has 21 heavy (non-hydrogen) atoms. The monoisotopic (exact) mass is 293 g/mol. The van der Waals surface area contributed by atoms with Gasteiger partial charge < -0.3 is 10.3 Å². The van der Waals surface area contributed by atoms with E-state index in [9.17, 15) is 9.59 Å². The maximum Gasteiger partial charge on any atom is 0.332 e. The zero-order chi connectivity index (χ0) is 15.7. The van der Waals surface area contributed by atoms with E-state index in [-0.39, 0.29) is 17.2 Å². The lowest BCUT2D eigenvalue weighted by Gasteiger charge is -2.11. The molecule has 0 aromatic carbocycles. The normalized spacial score (nSPS) is 11.7. The second kappa shape index (κ2) is 5.85. The van der Waals surface area contributed by atoms with Crippen LogP contribution in [-0.2, 0) is 20.1 Å². The van der Waals surface area contributed by atoms with E-state index in [1.165, 1.54) is 7.05 Å².